The van der Waals surface area contributed by atoms with E-state index in [1.165, 1.54) is 103 Å². The van der Waals surface area contributed by atoms with Gasteiger partial charge in [-0.3, -0.25) is 0 Å². The van der Waals surface area contributed by atoms with Crippen molar-refractivity contribution in [2.75, 3.05) is 0 Å². The summed E-state index contributed by atoms with van der Waals surface area (Å²) in [6.07, 6.45) is 27.3. The van der Waals surface area contributed by atoms with Crippen LogP contribution in [-0.2, 0) is 0 Å². The maximum absolute atomic E-state index is 2.45. The van der Waals surface area contributed by atoms with Crippen molar-refractivity contribution in [2.45, 2.75) is 124 Å². The fourth-order valence-corrected chi connectivity index (χ4v) is 3.10. The van der Waals surface area contributed by atoms with Crippen LogP contribution in [0.3, 0.4) is 0 Å². The second kappa shape index (κ2) is 18.8. The van der Waals surface area contributed by atoms with E-state index < -0.39 is 0 Å². The molecule has 0 aromatic heterocycles. The zero-order valence-corrected chi connectivity index (χ0v) is 16.0. The van der Waals surface area contributed by atoms with Gasteiger partial charge in [0.15, 0.2) is 0 Å². The van der Waals surface area contributed by atoms with Gasteiger partial charge < -0.3 is 0 Å². The molecule has 0 amide bonds. The van der Waals surface area contributed by atoms with Crippen LogP contribution in [0.2, 0.25) is 0 Å². The highest BCUT2D eigenvalue weighted by molar-refractivity contribution is 4.81. The highest BCUT2D eigenvalue weighted by Gasteiger charge is 2.01. The molecule has 132 valence electrons. The van der Waals surface area contributed by atoms with Crippen LogP contribution >= 0.6 is 0 Å². The first-order valence-corrected chi connectivity index (χ1v) is 10.5. The lowest BCUT2D eigenvalue weighted by atomic mass is 9.96. The molecule has 0 aromatic carbocycles. The minimum Gasteiger partial charge on any atom is -0.0885 e. The quantitative estimate of drug-likeness (QED) is 0.187. The average Bonchev–Trinajstić information content (AvgIpc) is 2.52. The summed E-state index contributed by atoms with van der Waals surface area (Å²) in [7, 11) is 0. The summed E-state index contributed by atoms with van der Waals surface area (Å²) in [6.45, 7) is 7.03. The third-order valence-electron chi connectivity index (χ3n) is 4.76. The molecule has 1 unspecified atom stereocenters. The minimum atomic E-state index is 0.954. The van der Waals surface area contributed by atoms with Crippen LogP contribution in [0.25, 0.3) is 0 Å². The van der Waals surface area contributed by atoms with Gasteiger partial charge in [0.2, 0.25) is 0 Å². The molecule has 0 heteroatoms. The number of rotatable bonds is 17. The van der Waals surface area contributed by atoms with Crippen LogP contribution in [-0.4, -0.2) is 0 Å². The predicted molar refractivity (Wildman–Crippen MR) is 104 cm³/mol. The predicted octanol–water partition coefficient (Wildman–Crippen LogP) is 8.46. The van der Waals surface area contributed by atoms with Crippen LogP contribution in [0.4, 0.5) is 0 Å². The molecule has 0 aliphatic rings. The Balaban J connectivity index is 3.18. The number of hydrogen-bond donors (Lipinski definition) is 0. The molecular formula is C22H44. The summed E-state index contributed by atoms with van der Waals surface area (Å²) in [5.41, 5.74) is 0. The summed E-state index contributed by atoms with van der Waals surface area (Å²) in [4.78, 5) is 0. The molecule has 0 aromatic rings. The molecule has 0 N–H and O–H groups in total. The van der Waals surface area contributed by atoms with Gasteiger partial charge in [0, 0.05) is 0 Å². The first kappa shape index (κ1) is 21.7. The summed E-state index contributed by atoms with van der Waals surface area (Å²) in [5.74, 6) is 0.954. The maximum atomic E-state index is 2.45. The Labute approximate surface area is 142 Å². The highest BCUT2D eigenvalue weighted by Crippen LogP contribution is 2.17. The summed E-state index contributed by atoms with van der Waals surface area (Å²) in [6, 6.07) is 0. The van der Waals surface area contributed by atoms with Crippen molar-refractivity contribution in [2.24, 2.45) is 5.92 Å². The molecule has 22 heavy (non-hydrogen) atoms. The van der Waals surface area contributed by atoms with Gasteiger partial charge in [-0.15, -0.1) is 0 Å². The topological polar surface area (TPSA) is 0 Å². The Kier molecular flexibility index (Phi) is 18.6. The third kappa shape index (κ3) is 17.8. The van der Waals surface area contributed by atoms with Crippen LogP contribution in [0.5, 0.6) is 0 Å². The largest absolute Gasteiger partial charge is 0.0885 e. The van der Waals surface area contributed by atoms with Crippen LogP contribution < -0.4 is 0 Å². The zero-order valence-electron chi connectivity index (χ0n) is 16.0. The number of hydrogen-bond acceptors (Lipinski definition) is 0. The van der Waals surface area contributed by atoms with Crippen molar-refractivity contribution in [3.05, 3.63) is 12.2 Å². The van der Waals surface area contributed by atoms with E-state index in [4.69, 9.17) is 0 Å². The summed E-state index contributed by atoms with van der Waals surface area (Å²) < 4.78 is 0. The molecule has 0 bridgehead atoms. The molecule has 1 atom stereocenters. The Morgan fingerprint density at radius 3 is 1.45 bits per heavy atom. The van der Waals surface area contributed by atoms with Crippen LogP contribution in [0, 0.1) is 5.92 Å². The van der Waals surface area contributed by atoms with E-state index in [0.29, 0.717) is 0 Å². The maximum Gasteiger partial charge on any atom is -0.0351 e. The van der Waals surface area contributed by atoms with Crippen molar-refractivity contribution >= 4 is 0 Å². The van der Waals surface area contributed by atoms with E-state index >= 15 is 0 Å². The Morgan fingerprint density at radius 1 is 0.545 bits per heavy atom. The lowest BCUT2D eigenvalue weighted by molar-refractivity contribution is 0.437. The molecule has 0 spiro atoms. The van der Waals surface area contributed by atoms with Crippen molar-refractivity contribution < 1.29 is 0 Å². The minimum absolute atomic E-state index is 0.954. The molecule has 0 rings (SSSR count). The van der Waals surface area contributed by atoms with E-state index in [1.54, 1.807) is 0 Å². The molecule has 0 heterocycles. The molecule has 0 fully saturated rings. The van der Waals surface area contributed by atoms with Gasteiger partial charge in [0.25, 0.3) is 0 Å². The Hall–Kier alpha value is -0.260. The third-order valence-corrected chi connectivity index (χ3v) is 4.76. The highest BCUT2D eigenvalue weighted by atomic mass is 14.1. The summed E-state index contributed by atoms with van der Waals surface area (Å²) >= 11 is 0. The fraction of sp³-hybridized carbons (Fsp3) is 0.909. The molecular weight excluding hydrogens is 264 g/mol. The monoisotopic (exact) mass is 308 g/mol. The molecule has 0 aliphatic carbocycles. The van der Waals surface area contributed by atoms with E-state index in [0.717, 1.165) is 5.92 Å². The van der Waals surface area contributed by atoms with Crippen molar-refractivity contribution in [3.63, 3.8) is 0 Å². The van der Waals surface area contributed by atoms with E-state index in [9.17, 15) is 0 Å². The first-order valence-electron chi connectivity index (χ1n) is 10.5. The van der Waals surface area contributed by atoms with Crippen LogP contribution in [0.1, 0.15) is 124 Å². The number of unbranched alkanes of at least 4 members (excludes halogenated alkanes) is 11. The van der Waals surface area contributed by atoms with E-state index in [2.05, 4.69) is 32.9 Å². The lowest BCUT2D eigenvalue weighted by Gasteiger charge is -2.10. The molecule has 0 aliphatic heterocycles. The van der Waals surface area contributed by atoms with Crippen LogP contribution in [0.15, 0.2) is 12.2 Å². The molecule has 0 saturated heterocycles. The Bertz CT molecular complexity index is 216. The van der Waals surface area contributed by atoms with E-state index in [1.807, 2.05) is 0 Å². The van der Waals surface area contributed by atoms with Gasteiger partial charge in [-0.05, 0) is 31.6 Å². The van der Waals surface area contributed by atoms with Crippen molar-refractivity contribution in [1.29, 1.82) is 0 Å². The first-order chi connectivity index (χ1) is 10.8. The Morgan fingerprint density at radius 2 is 0.955 bits per heavy atom. The smallest absolute Gasteiger partial charge is 0.0351 e. The molecule has 0 saturated carbocycles. The second-order valence-electron chi connectivity index (χ2n) is 7.27. The van der Waals surface area contributed by atoms with Crippen molar-refractivity contribution in [1.82, 2.24) is 0 Å². The van der Waals surface area contributed by atoms with Gasteiger partial charge in [0.1, 0.15) is 0 Å². The molecule has 0 nitrogen and oxygen atoms in total. The van der Waals surface area contributed by atoms with Gasteiger partial charge in [-0.2, -0.15) is 0 Å². The summed E-state index contributed by atoms with van der Waals surface area (Å²) in [5, 5.41) is 0. The number of allylic oxidation sites excluding steroid dienone is 2. The standard InChI is InChI=1S/C22H44/c1-4-6-8-10-11-12-13-14-15-16-17-19-21-22(3)20-18-9-7-5-2/h13-14,22H,4-12,15-21H2,1-3H3/b14-13+. The SMILES string of the molecule is CCCCCCC/C=C/CCCCCC(C)CCCCCC. The van der Waals surface area contributed by atoms with Crippen molar-refractivity contribution in [3.8, 4) is 0 Å². The van der Waals surface area contributed by atoms with Gasteiger partial charge in [0.05, 0.1) is 0 Å². The zero-order chi connectivity index (χ0) is 16.3. The molecule has 0 radical (unpaired) electrons. The van der Waals surface area contributed by atoms with Gasteiger partial charge in [-0.25, -0.2) is 0 Å². The second-order valence-corrected chi connectivity index (χ2v) is 7.27. The fourth-order valence-electron chi connectivity index (χ4n) is 3.10. The van der Waals surface area contributed by atoms with Gasteiger partial charge >= 0.3 is 0 Å². The van der Waals surface area contributed by atoms with E-state index in [-0.39, 0.29) is 0 Å². The average molecular weight is 309 g/mol. The lowest BCUT2D eigenvalue weighted by Crippen LogP contribution is -1.94. The van der Waals surface area contributed by atoms with Gasteiger partial charge in [-0.1, -0.05) is 110 Å². The normalized spacial score (nSPS) is 13.0.